The Morgan fingerprint density at radius 1 is 1.22 bits per heavy atom. The number of hydrogen-bond acceptors (Lipinski definition) is 4. The molecule has 18 heavy (non-hydrogen) atoms. The highest BCUT2D eigenvalue weighted by molar-refractivity contribution is 5.36. The van der Waals surface area contributed by atoms with E-state index in [0.717, 1.165) is 13.1 Å². The van der Waals surface area contributed by atoms with Gasteiger partial charge in [-0.3, -0.25) is 4.90 Å². The van der Waals surface area contributed by atoms with Crippen molar-refractivity contribution < 1.29 is 17.9 Å². The van der Waals surface area contributed by atoms with E-state index in [9.17, 15) is 13.2 Å². The SMILES string of the molecule is Fc1cc(F)c(NCCN2CCOCC2)nc1F. The van der Waals surface area contributed by atoms with E-state index in [1.54, 1.807) is 0 Å². The highest BCUT2D eigenvalue weighted by atomic mass is 19.2. The zero-order chi connectivity index (χ0) is 13.0. The molecule has 0 aromatic carbocycles. The van der Waals surface area contributed by atoms with Gasteiger partial charge in [-0.15, -0.1) is 0 Å². The summed E-state index contributed by atoms with van der Waals surface area (Å²) in [5.41, 5.74) is 0. The van der Waals surface area contributed by atoms with Gasteiger partial charge in [0.15, 0.2) is 17.5 Å². The molecule has 0 radical (unpaired) electrons. The molecular weight excluding hydrogens is 247 g/mol. The van der Waals surface area contributed by atoms with E-state index in [0.29, 0.717) is 32.4 Å². The van der Waals surface area contributed by atoms with Gasteiger partial charge in [0, 0.05) is 32.2 Å². The predicted octanol–water partition coefficient (Wildman–Crippen LogP) is 1.24. The second kappa shape index (κ2) is 6.01. The van der Waals surface area contributed by atoms with Crippen molar-refractivity contribution >= 4 is 5.82 Å². The minimum absolute atomic E-state index is 0.262. The van der Waals surface area contributed by atoms with Crippen molar-refractivity contribution in [1.82, 2.24) is 9.88 Å². The summed E-state index contributed by atoms with van der Waals surface area (Å²) < 4.78 is 43.9. The van der Waals surface area contributed by atoms with Crippen LogP contribution in [0.15, 0.2) is 6.07 Å². The third-order valence-corrected chi connectivity index (χ3v) is 2.71. The number of ether oxygens (including phenoxy) is 1. The number of rotatable bonds is 4. The van der Waals surface area contributed by atoms with Gasteiger partial charge in [0.2, 0.25) is 0 Å². The lowest BCUT2D eigenvalue weighted by molar-refractivity contribution is 0.0398. The van der Waals surface area contributed by atoms with E-state index in [2.05, 4.69) is 15.2 Å². The van der Waals surface area contributed by atoms with E-state index < -0.39 is 17.6 Å². The van der Waals surface area contributed by atoms with Crippen LogP contribution in [-0.4, -0.2) is 49.3 Å². The third-order valence-electron chi connectivity index (χ3n) is 2.71. The first kappa shape index (κ1) is 13.1. The lowest BCUT2D eigenvalue weighted by Gasteiger charge is -2.26. The van der Waals surface area contributed by atoms with E-state index in [1.807, 2.05) is 0 Å². The first-order valence-corrected chi connectivity index (χ1v) is 5.72. The smallest absolute Gasteiger partial charge is 0.251 e. The highest BCUT2D eigenvalue weighted by Gasteiger charge is 2.13. The quantitative estimate of drug-likeness (QED) is 0.828. The number of aromatic nitrogens is 1. The number of hydrogen-bond donors (Lipinski definition) is 1. The lowest BCUT2D eigenvalue weighted by atomic mass is 10.4. The fraction of sp³-hybridized carbons (Fsp3) is 0.545. The van der Waals surface area contributed by atoms with Gasteiger partial charge in [-0.1, -0.05) is 0 Å². The second-order valence-corrected chi connectivity index (χ2v) is 3.97. The Morgan fingerprint density at radius 3 is 2.67 bits per heavy atom. The van der Waals surface area contributed by atoms with Crippen LogP contribution in [0.5, 0.6) is 0 Å². The van der Waals surface area contributed by atoms with Gasteiger partial charge < -0.3 is 10.1 Å². The summed E-state index contributed by atoms with van der Waals surface area (Å²) in [6.07, 6.45) is 0. The van der Waals surface area contributed by atoms with Crippen LogP contribution in [0, 0.1) is 17.6 Å². The molecule has 0 atom stereocenters. The largest absolute Gasteiger partial charge is 0.379 e. The molecule has 0 bridgehead atoms. The fourth-order valence-corrected chi connectivity index (χ4v) is 1.73. The van der Waals surface area contributed by atoms with Crippen LogP contribution in [0.2, 0.25) is 0 Å². The maximum atomic E-state index is 13.2. The maximum absolute atomic E-state index is 13.2. The van der Waals surface area contributed by atoms with Gasteiger partial charge in [0.25, 0.3) is 5.95 Å². The predicted molar refractivity (Wildman–Crippen MR) is 59.9 cm³/mol. The summed E-state index contributed by atoms with van der Waals surface area (Å²) in [5.74, 6) is -3.74. The Kier molecular flexibility index (Phi) is 4.38. The molecule has 1 aliphatic heterocycles. The van der Waals surface area contributed by atoms with Gasteiger partial charge in [0.1, 0.15) is 0 Å². The molecule has 0 unspecified atom stereocenters. The van der Waals surface area contributed by atoms with Crippen LogP contribution < -0.4 is 5.32 Å². The fourth-order valence-electron chi connectivity index (χ4n) is 1.73. The summed E-state index contributed by atoms with van der Waals surface area (Å²) in [7, 11) is 0. The minimum atomic E-state index is -1.30. The number of halogens is 3. The van der Waals surface area contributed by atoms with Crippen molar-refractivity contribution in [2.45, 2.75) is 0 Å². The molecule has 0 saturated carbocycles. The van der Waals surface area contributed by atoms with Crippen molar-refractivity contribution in [2.75, 3.05) is 44.7 Å². The number of anilines is 1. The van der Waals surface area contributed by atoms with Gasteiger partial charge in [0.05, 0.1) is 13.2 Å². The van der Waals surface area contributed by atoms with Gasteiger partial charge >= 0.3 is 0 Å². The molecule has 0 amide bonds. The zero-order valence-electron chi connectivity index (χ0n) is 9.76. The van der Waals surface area contributed by atoms with Crippen molar-refractivity contribution in [3.8, 4) is 0 Å². The molecule has 0 aliphatic carbocycles. The monoisotopic (exact) mass is 261 g/mol. The number of nitrogens with one attached hydrogen (secondary N) is 1. The highest BCUT2D eigenvalue weighted by Crippen LogP contribution is 2.13. The molecule has 2 rings (SSSR count). The summed E-state index contributed by atoms with van der Waals surface area (Å²) in [6.45, 7) is 4.07. The van der Waals surface area contributed by atoms with Gasteiger partial charge in [-0.2, -0.15) is 9.37 Å². The molecule has 2 heterocycles. The average Bonchev–Trinajstić information content (AvgIpc) is 2.37. The van der Waals surface area contributed by atoms with Crippen molar-refractivity contribution in [1.29, 1.82) is 0 Å². The van der Waals surface area contributed by atoms with E-state index in [-0.39, 0.29) is 5.82 Å². The summed E-state index contributed by atoms with van der Waals surface area (Å²) in [4.78, 5) is 5.32. The van der Waals surface area contributed by atoms with Crippen molar-refractivity contribution in [3.05, 3.63) is 23.6 Å². The van der Waals surface area contributed by atoms with Crippen LogP contribution >= 0.6 is 0 Å². The van der Waals surface area contributed by atoms with Crippen LogP contribution in [0.4, 0.5) is 19.0 Å². The topological polar surface area (TPSA) is 37.4 Å². The molecule has 0 spiro atoms. The Morgan fingerprint density at radius 2 is 1.94 bits per heavy atom. The molecular formula is C11H14F3N3O. The Hall–Kier alpha value is -1.34. The maximum Gasteiger partial charge on any atom is 0.251 e. The molecule has 1 fully saturated rings. The van der Waals surface area contributed by atoms with Gasteiger partial charge in [-0.25, -0.2) is 8.78 Å². The van der Waals surface area contributed by atoms with E-state index in [1.165, 1.54) is 0 Å². The first-order valence-electron chi connectivity index (χ1n) is 5.72. The molecule has 1 aromatic rings. The number of morpholine rings is 1. The first-order chi connectivity index (χ1) is 8.66. The Labute approximate surface area is 103 Å². The van der Waals surface area contributed by atoms with Gasteiger partial charge in [-0.05, 0) is 0 Å². The van der Waals surface area contributed by atoms with Crippen LogP contribution in [0.25, 0.3) is 0 Å². The molecule has 1 aromatic heterocycles. The summed E-state index contributed by atoms with van der Waals surface area (Å²) >= 11 is 0. The average molecular weight is 261 g/mol. The zero-order valence-corrected chi connectivity index (χ0v) is 9.76. The van der Waals surface area contributed by atoms with Crippen LogP contribution in [-0.2, 0) is 4.74 Å². The summed E-state index contributed by atoms with van der Waals surface area (Å²) in [6, 6.07) is 0.486. The third kappa shape index (κ3) is 3.33. The van der Waals surface area contributed by atoms with E-state index >= 15 is 0 Å². The van der Waals surface area contributed by atoms with Crippen LogP contribution in [0.1, 0.15) is 0 Å². The molecule has 7 heteroatoms. The normalized spacial score (nSPS) is 16.8. The standard InChI is InChI=1S/C11H14F3N3O/c12-8-7-9(13)11(16-10(8)14)15-1-2-17-3-5-18-6-4-17/h7H,1-6H2,(H,15,16). The van der Waals surface area contributed by atoms with Crippen molar-refractivity contribution in [2.24, 2.45) is 0 Å². The molecule has 1 saturated heterocycles. The van der Waals surface area contributed by atoms with E-state index in [4.69, 9.17) is 4.74 Å². The summed E-state index contributed by atoms with van der Waals surface area (Å²) in [5, 5.41) is 2.65. The minimum Gasteiger partial charge on any atom is -0.379 e. The second-order valence-electron chi connectivity index (χ2n) is 3.97. The number of nitrogens with zero attached hydrogens (tertiary/aromatic N) is 2. The number of pyridine rings is 1. The molecule has 100 valence electrons. The molecule has 1 aliphatic rings. The van der Waals surface area contributed by atoms with Crippen molar-refractivity contribution in [3.63, 3.8) is 0 Å². The Bertz CT molecular complexity index is 411. The Balaban J connectivity index is 1.84. The molecule has 4 nitrogen and oxygen atoms in total. The molecule has 1 N–H and O–H groups in total. The lowest BCUT2D eigenvalue weighted by Crippen LogP contribution is -2.39. The van der Waals surface area contributed by atoms with Crippen LogP contribution in [0.3, 0.4) is 0 Å².